The number of aliphatic hydroxyl groups excluding tert-OH is 1. The van der Waals surface area contributed by atoms with Gasteiger partial charge in [0.15, 0.2) is 0 Å². The van der Waals surface area contributed by atoms with Gasteiger partial charge in [0.25, 0.3) is 0 Å². The Morgan fingerprint density at radius 1 is 1.41 bits per heavy atom. The summed E-state index contributed by atoms with van der Waals surface area (Å²) in [6.07, 6.45) is 1.91. The van der Waals surface area contributed by atoms with Crippen LogP contribution < -0.4 is 5.32 Å². The van der Waals surface area contributed by atoms with E-state index in [1.165, 1.54) is 17.0 Å². The summed E-state index contributed by atoms with van der Waals surface area (Å²) in [6, 6.07) is 2.73. The highest BCUT2D eigenvalue weighted by atomic mass is 16.2. The molecule has 0 saturated heterocycles. The van der Waals surface area contributed by atoms with Gasteiger partial charge in [0.1, 0.15) is 0 Å². The fourth-order valence-corrected chi connectivity index (χ4v) is 2.32. The smallest absolute Gasteiger partial charge is 0.0431 e. The van der Waals surface area contributed by atoms with Crippen molar-refractivity contribution in [3.8, 4) is 0 Å². The van der Waals surface area contributed by atoms with Crippen LogP contribution in [0.25, 0.3) is 0 Å². The molecular weight excluding hydrogens is 212 g/mol. The molecule has 1 heterocycles. The molecule has 1 unspecified atom stereocenters. The Hall–Kier alpha value is -0.800. The minimum Gasteiger partial charge on any atom is -0.396 e. The Labute approximate surface area is 105 Å². The van der Waals surface area contributed by atoms with Crippen molar-refractivity contribution in [2.45, 2.75) is 59.7 Å². The SMILES string of the molecule is CCn1c(C)cc(CNC(C)CCCO)c1C. The number of rotatable bonds is 7. The standard InChI is InChI=1S/C14H26N2O/c1-5-16-12(3)9-14(13(16)4)10-15-11(2)7-6-8-17/h9,11,15,17H,5-8,10H2,1-4H3. The summed E-state index contributed by atoms with van der Waals surface area (Å²) in [5.74, 6) is 0. The lowest BCUT2D eigenvalue weighted by molar-refractivity contribution is 0.276. The Bertz CT molecular complexity index is 344. The molecule has 98 valence electrons. The van der Waals surface area contributed by atoms with Crippen molar-refractivity contribution in [1.82, 2.24) is 9.88 Å². The Morgan fingerprint density at radius 2 is 2.12 bits per heavy atom. The summed E-state index contributed by atoms with van der Waals surface area (Å²) in [7, 11) is 0. The second kappa shape index (κ2) is 6.82. The quantitative estimate of drug-likeness (QED) is 0.765. The maximum absolute atomic E-state index is 8.79. The topological polar surface area (TPSA) is 37.2 Å². The molecule has 0 saturated carbocycles. The molecule has 0 radical (unpaired) electrons. The molecule has 1 rings (SSSR count). The van der Waals surface area contributed by atoms with E-state index in [0.29, 0.717) is 6.04 Å². The molecule has 17 heavy (non-hydrogen) atoms. The van der Waals surface area contributed by atoms with E-state index in [1.807, 2.05) is 0 Å². The lowest BCUT2D eigenvalue weighted by atomic mass is 10.1. The number of nitrogens with zero attached hydrogens (tertiary/aromatic N) is 1. The van der Waals surface area contributed by atoms with Crippen LogP contribution in [0.5, 0.6) is 0 Å². The fourth-order valence-electron chi connectivity index (χ4n) is 2.32. The van der Waals surface area contributed by atoms with Gasteiger partial charge in [0.2, 0.25) is 0 Å². The molecule has 0 fully saturated rings. The molecule has 0 spiro atoms. The third-order valence-corrected chi connectivity index (χ3v) is 3.43. The second-order valence-electron chi connectivity index (χ2n) is 4.79. The Morgan fingerprint density at radius 3 is 2.65 bits per heavy atom. The first kappa shape index (κ1) is 14.3. The van der Waals surface area contributed by atoms with Crippen LogP contribution >= 0.6 is 0 Å². The average molecular weight is 238 g/mol. The first-order valence-electron chi connectivity index (χ1n) is 6.60. The van der Waals surface area contributed by atoms with E-state index >= 15 is 0 Å². The van der Waals surface area contributed by atoms with Crippen LogP contribution in [0.15, 0.2) is 6.07 Å². The second-order valence-corrected chi connectivity index (χ2v) is 4.79. The van der Waals surface area contributed by atoms with E-state index in [-0.39, 0.29) is 6.61 Å². The molecule has 0 amide bonds. The molecule has 1 aromatic heterocycles. The zero-order valence-electron chi connectivity index (χ0n) is 11.6. The maximum atomic E-state index is 8.79. The van der Waals surface area contributed by atoms with E-state index in [2.05, 4.69) is 43.6 Å². The van der Waals surface area contributed by atoms with Crippen LogP contribution in [0, 0.1) is 13.8 Å². The molecule has 0 aliphatic heterocycles. The molecule has 0 aliphatic carbocycles. The summed E-state index contributed by atoms with van der Waals surface area (Å²) in [4.78, 5) is 0. The third kappa shape index (κ3) is 3.86. The predicted octanol–water partition coefficient (Wildman–Crippen LogP) is 2.38. The molecule has 3 nitrogen and oxygen atoms in total. The van der Waals surface area contributed by atoms with Crippen LogP contribution in [0.2, 0.25) is 0 Å². The Kier molecular flexibility index (Phi) is 5.72. The van der Waals surface area contributed by atoms with Gasteiger partial charge in [0, 0.05) is 37.1 Å². The minimum atomic E-state index is 0.288. The van der Waals surface area contributed by atoms with Crippen molar-refractivity contribution in [2.75, 3.05) is 6.61 Å². The summed E-state index contributed by atoms with van der Waals surface area (Å²) in [5.41, 5.74) is 4.09. The molecule has 0 aliphatic rings. The van der Waals surface area contributed by atoms with Crippen LogP contribution in [0.4, 0.5) is 0 Å². The van der Waals surface area contributed by atoms with Gasteiger partial charge >= 0.3 is 0 Å². The molecule has 0 bridgehead atoms. The maximum Gasteiger partial charge on any atom is 0.0431 e. The Balaban J connectivity index is 2.52. The fraction of sp³-hybridized carbons (Fsp3) is 0.714. The van der Waals surface area contributed by atoms with Gasteiger partial charge in [-0.1, -0.05) is 0 Å². The van der Waals surface area contributed by atoms with Crippen molar-refractivity contribution in [2.24, 2.45) is 0 Å². The first-order chi connectivity index (χ1) is 8.10. The monoisotopic (exact) mass is 238 g/mol. The van der Waals surface area contributed by atoms with Crippen LogP contribution in [-0.4, -0.2) is 22.3 Å². The third-order valence-electron chi connectivity index (χ3n) is 3.43. The van der Waals surface area contributed by atoms with Gasteiger partial charge < -0.3 is 15.0 Å². The van der Waals surface area contributed by atoms with Gasteiger partial charge in [0.05, 0.1) is 0 Å². The lowest BCUT2D eigenvalue weighted by Crippen LogP contribution is -2.25. The van der Waals surface area contributed by atoms with Crippen molar-refractivity contribution in [3.63, 3.8) is 0 Å². The van der Waals surface area contributed by atoms with Crippen molar-refractivity contribution < 1.29 is 5.11 Å². The molecule has 0 aromatic carbocycles. The highest BCUT2D eigenvalue weighted by Gasteiger charge is 2.08. The molecule has 2 N–H and O–H groups in total. The summed E-state index contributed by atoms with van der Waals surface area (Å²) < 4.78 is 2.34. The van der Waals surface area contributed by atoms with Crippen LogP contribution in [-0.2, 0) is 13.1 Å². The van der Waals surface area contributed by atoms with Gasteiger partial charge in [-0.05, 0) is 52.2 Å². The number of hydrogen-bond acceptors (Lipinski definition) is 2. The van der Waals surface area contributed by atoms with Crippen molar-refractivity contribution in [3.05, 3.63) is 23.0 Å². The highest BCUT2D eigenvalue weighted by molar-refractivity contribution is 5.26. The molecule has 3 heteroatoms. The molecule has 1 atom stereocenters. The lowest BCUT2D eigenvalue weighted by Gasteiger charge is -2.13. The van der Waals surface area contributed by atoms with Crippen molar-refractivity contribution >= 4 is 0 Å². The number of hydrogen-bond donors (Lipinski definition) is 2. The molecule has 1 aromatic rings. The average Bonchev–Trinajstić information content (AvgIpc) is 2.58. The number of aliphatic hydroxyl groups is 1. The minimum absolute atomic E-state index is 0.288. The number of aryl methyl sites for hydroxylation is 1. The zero-order chi connectivity index (χ0) is 12.8. The van der Waals surface area contributed by atoms with Gasteiger partial charge in [-0.2, -0.15) is 0 Å². The van der Waals surface area contributed by atoms with Gasteiger partial charge in [-0.3, -0.25) is 0 Å². The molecular formula is C14H26N2O. The summed E-state index contributed by atoms with van der Waals surface area (Å²) in [5, 5.41) is 12.3. The normalized spacial score (nSPS) is 13.0. The van der Waals surface area contributed by atoms with Crippen LogP contribution in [0.1, 0.15) is 43.6 Å². The highest BCUT2D eigenvalue weighted by Crippen LogP contribution is 2.15. The predicted molar refractivity (Wildman–Crippen MR) is 72.2 cm³/mol. The number of aromatic nitrogens is 1. The van der Waals surface area contributed by atoms with Gasteiger partial charge in [-0.15, -0.1) is 0 Å². The van der Waals surface area contributed by atoms with E-state index in [4.69, 9.17) is 5.11 Å². The summed E-state index contributed by atoms with van der Waals surface area (Å²) >= 11 is 0. The van der Waals surface area contributed by atoms with E-state index in [9.17, 15) is 0 Å². The van der Waals surface area contributed by atoms with Crippen molar-refractivity contribution in [1.29, 1.82) is 0 Å². The van der Waals surface area contributed by atoms with E-state index in [0.717, 1.165) is 25.9 Å². The van der Waals surface area contributed by atoms with Gasteiger partial charge in [-0.25, -0.2) is 0 Å². The number of nitrogens with one attached hydrogen (secondary N) is 1. The first-order valence-corrected chi connectivity index (χ1v) is 6.60. The zero-order valence-corrected chi connectivity index (χ0v) is 11.6. The van der Waals surface area contributed by atoms with E-state index in [1.54, 1.807) is 0 Å². The van der Waals surface area contributed by atoms with Crippen LogP contribution in [0.3, 0.4) is 0 Å². The van der Waals surface area contributed by atoms with E-state index < -0.39 is 0 Å². The largest absolute Gasteiger partial charge is 0.396 e. The summed E-state index contributed by atoms with van der Waals surface area (Å²) in [6.45, 7) is 11.0.